The molecular weight excluding hydrogens is 146 g/mol. The lowest BCUT2D eigenvalue weighted by atomic mass is 9.78. The summed E-state index contributed by atoms with van der Waals surface area (Å²) < 4.78 is 0. The molecule has 2 atom stereocenters. The van der Waals surface area contributed by atoms with Crippen LogP contribution >= 0.6 is 0 Å². The maximum Gasteiger partial charge on any atom is 0.00671 e. The second-order valence-corrected chi connectivity index (χ2v) is 4.46. The molecule has 0 aliphatic heterocycles. The summed E-state index contributed by atoms with van der Waals surface area (Å²) in [5.41, 5.74) is 6.11. The summed E-state index contributed by atoms with van der Waals surface area (Å²) in [6.45, 7) is 4.54. The Kier molecular flexibility index (Phi) is 4.07. The van der Waals surface area contributed by atoms with E-state index in [9.17, 15) is 0 Å². The molecule has 1 aliphatic carbocycles. The van der Waals surface area contributed by atoms with Crippen molar-refractivity contribution < 1.29 is 0 Å². The number of hydrogen-bond donors (Lipinski definition) is 1. The summed E-state index contributed by atoms with van der Waals surface area (Å²) in [4.78, 5) is 0. The second kappa shape index (κ2) is 4.86. The third kappa shape index (κ3) is 2.78. The van der Waals surface area contributed by atoms with Gasteiger partial charge < -0.3 is 5.73 Å². The first-order valence-corrected chi connectivity index (χ1v) is 5.49. The van der Waals surface area contributed by atoms with Crippen molar-refractivity contribution in [2.75, 3.05) is 0 Å². The number of rotatable bonds is 5. The van der Waals surface area contributed by atoms with Gasteiger partial charge in [-0.05, 0) is 24.7 Å². The van der Waals surface area contributed by atoms with E-state index in [2.05, 4.69) is 13.8 Å². The zero-order valence-electron chi connectivity index (χ0n) is 8.55. The van der Waals surface area contributed by atoms with Crippen molar-refractivity contribution in [3.63, 3.8) is 0 Å². The molecule has 0 aromatic rings. The predicted molar refractivity (Wildman–Crippen MR) is 54.0 cm³/mol. The maximum absolute atomic E-state index is 6.11. The Bertz CT molecular complexity index is 118. The molecule has 1 rings (SSSR count). The molecule has 2 unspecified atom stereocenters. The normalized spacial score (nSPS) is 23.2. The van der Waals surface area contributed by atoms with E-state index in [0.717, 1.165) is 11.8 Å². The SMILES string of the molecule is CCCC(C)C(N)CC1CCC1. The van der Waals surface area contributed by atoms with Gasteiger partial charge in [-0.1, -0.05) is 39.5 Å². The fraction of sp³-hybridized carbons (Fsp3) is 1.00. The van der Waals surface area contributed by atoms with Gasteiger partial charge in [-0.3, -0.25) is 0 Å². The van der Waals surface area contributed by atoms with Crippen molar-refractivity contribution in [1.82, 2.24) is 0 Å². The van der Waals surface area contributed by atoms with Crippen LogP contribution in [0.15, 0.2) is 0 Å². The van der Waals surface area contributed by atoms with Crippen LogP contribution in [0.1, 0.15) is 52.4 Å². The lowest BCUT2D eigenvalue weighted by molar-refractivity contribution is 0.247. The Morgan fingerprint density at radius 1 is 1.42 bits per heavy atom. The Labute approximate surface area is 76.7 Å². The highest BCUT2D eigenvalue weighted by atomic mass is 14.6. The first-order valence-electron chi connectivity index (χ1n) is 5.49. The van der Waals surface area contributed by atoms with Crippen LogP contribution in [0.4, 0.5) is 0 Å². The monoisotopic (exact) mass is 169 g/mol. The predicted octanol–water partition coefficient (Wildman–Crippen LogP) is 2.94. The molecule has 0 aromatic carbocycles. The van der Waals surface area contributed by atoms with Crippen molar-refractivity contribution in [1.29, 1.82) is 0 Å². The van der Waals surface area contributed by atoms with Crippen molar-refractivity contribution in [2.45, 2.75) is 58.4 Å². The topological polar surface area (TPSA) is 26.0 Å². The van der Waals surface area contributed by atoms with E-state index in [1.807, 2.05) is 0 Å². The van der Waals surface area contributed by atoms with Crippen LogP contribution in [0.5, 0.6) is 0 Å². The molecule has 0 radical (unpaired) electrons. The molecule has 1 aliphatic rings. The van der Waals surface area contributed by atoms with Gasteiger partial charge >= 0.3 is 0 Å². The zero-order valence-corrected chi connectivity index (χ0v) is 8.55. The smallest absolute Gasteiger partial charge is 0.00671 e. The van der Waals surface area contributed by atoms with Gasteiger partial charge in [-0.25, -0.2) is 0 Å². The number of hydrogen-bond acceptors (Lipinski definition) is 1. The van der Waals surface area contributed by atoms with Gasteiger partial charge in [0.2, 0.25) is 0 Å². The fourth-order valence-electron chi connectivity index (χ4n) is 2.02. The lowest BCUT2D eigenvalue weighted by Gasteiger charge is -2.30. The van der Waals surface area contributed by atoms with Crippen LogP contribution in [0.3, 0.4) is 0 Å². The van der Waals surface area contributed by atoms with Crippen molar-refractivity contribution >= 4 is 0 Å². The van der Waals surface area contributed by atoms with Crippen molar-refractivity contribution in [3.8, 4) is 0 Å². The Morgan fingerprint density at radius 3 is 2.50 bits per heavy atom. The first-order chi connectivity index (χ1) is 5.74. The zero-order chi connectivity index (χ0) is 8.97. The molecule has 2 N–H and O–H groups in total. The highest BCUT2D eigenvalue weighted by Gasteiger charge is 2.22. The second-order valence-electron chi connectivity index (χ2n) is 4.46. The van der Waals surface area contributed by atoms with E-state index in [4.69, 9.17) is 5.73 Å². The van der Waals surface area contributed by atoms with Crippen LogP contribution in [0.25, 0.3) is 0 Å². The molecule has 72 valence electrons. The molecule has 0 spiro atoms. The van der Waals surface area contributed by atoms with Crippen LogP contribution < -0.4 is 5.73 Å². The summed E-state index contributed by atoms with van der Waals surface area (Å²) in [5, 5.41) is 0. The molecule has 1 nitrogen and oxygen atoms in total. The van der Waals surface area contributed by atoms with Gasteiger partial charge in [-0.15, -0.1) is 0 Å². The average molecular weight is 169 g/mol. The van der Waals surface area contributed by atoms with Crippen LogP contribution in [0, 0.1) is 11.8 Å². The Hall–Kier alpha value is -0.0400. The molecule has 0 bridgehead atoms. The molecule has 1 fully saturated rings. The van der Waals surface area contributed by atoms with Gasteiger partial charge in [-0.2, -0.15) is 0 Å². The van der Waals surface area contributed by atoms with Gasteiger partial charge in [0, 0.05) is 6.04 Å². The minimum Gasteiger partial charge on any atom is -0.327 e. The molecule has 0 amide bonds. The summed E-state index contributed by atoms with van der Waals surface area (Å²) >= 11 is 0. The molecule has 12 heavy (non-hydrogen) atoms. The lowest BCUT2D eigenvalue weighted by Crippen LogP contribution is -2.32. The van der Waals surface area contributed by atoms with Gasteiger partial charge in [0.25, 0.3) is 0 Å². The van der Waals surface area contributed by atoms with E-state index in [-0.39, 0.29) is 0 Å². The van der Waals surface area contributed by atoms with Gasteiger partial charge in [0.15, 0.2) is 0 Å². The Balaban J connectivity index is 2.12. The highest BCUT2D eigenvalue weighted by molar-refractivity contribution is 4.78. The minimum absolute atomic E-state index is 0.468. The summed E-state index contributed by atoms with van der Waals surface area (Å²) in [6.07, 6.45) is 8.17. The molecule has 1 saturated carbocycles. The number of nitrogens with two attached hydrogens (primary N) is 1. The Morgan fingerprint density at radius 2 is 2.08 bits per heavy atom. The van der Waals surface area contributed by atoms with E-state index in [0.29, 0.717) is 6.04 Å². The quantitative estimate of drug-likeness (QED) is 0.673. The average Bonchev–Trinajstić information content (AvgIpc) is 1.97. The van der Waals surface area contributed by atoms with Crippen molar-refractivity contribution in [3.05, 3.63) is 0 Å². The summed E-state index contributed by atoms with van der Waals surface area (Å²) in [6, 6.07) is 0.468. The van der Waals surface area contributed by atoms with Gasteiger partial charge in [0.05, 0.1) is 0 Å². The third-order valence-corrected chi connectivity index (χ3v) is 3.31. The van der Waals surface area contributed by atoms with Crippen LogP contribution in [-0.2, 0) is 0 Å². The highest BCUT2D eigenvalue weighted by Crippen LogP contribution is 2.31. The summed E-state index contributed by atoms with van der Waals surface area (Å²) in [5.74, 6) is 1.70. The largest absolute Gasteiger partial charge is 0.327 e. The third-order valence-electron chi connectivity index (χ3n) is 3.31. The maximum atomic E-state index is 6.11. The molecule has 0 heterocycles. The van der Waals surface area contributed by atoms with E-state index >= 15 is 0 Å². The van der Waals surface area contributed by atoms with E-state index in [1.54, 1.807) is 0 Å². The molecule has 0 aromatic heterocycles. The van der Waals surface area contributed by atoms with Crippen LogP contribution in [-0.4, -0.2) is 6.04 Å². The minimum atomic E-state index is 0.468. The molecule has 0 saturated heterocycles. The molecular formula is C11H23N. The van der Waals surface area contributed by atoms with Crippen LogP contribution in [0.2, 0.25) is 0 Å². The van der Waals surface area contributed by atoms with Crippen molar-refractivity contribution in [2.24, 2.45) is 17.6 Å². The van der Waals surface area contributed by atoms with E-state index in [1.165, 1.54) is 38.5 Å². The first kappa shape index (κ1) is 10.0. The fourth-order valence-corrected chi connectivity index (χ4v) is 2.02. The standard InChI is InChI=1S/C11H23N/c1-3-5-9(2)11(12)8-10-6-4-7-10/h9-11H,3-8,12H2,1-2H3. The van der Waals surface area contributed by atoms with Gasteiger partial charge in [0.1, 0.15) is 0 Å². The summed E-state index contributed by atoms with van der Waals surface area (Å²) in [7, 11) is 0. The van der Waals surface area contributed by atoms with E-state index < -0.39 is 0 Å². The molecule has 1 heteroatoms.